The van der Waals surface area contributed by atoms with Crippen molar-refractivity contribution in [1.82, 2.24) is 15.2 Å². The fraction of sp³-hybridized carbons (Fsp3) is 0.700. The summed E-state index contributed by atoms with van der Waals surface area (Å²) in [5, 5.41) is 8.87. The maximum absolute atomic E-state index is 11.4. The molecule has 6 nitrogen and oxygen atoms in total. The van der Waals surface area contributed by atoms with Crippen molar-refractivity contribution in [2.75, 3.05) is 18.1 Å². The average Bonchev–Trinajstić information content (AvgIpc) is 2.33. The van der Waals surface area contributed by atoms with Crippen molar-refractivity contribution in [2.45, 2.75) is 31.4 Å². The van der Waals surface area contributed by atoms with E-state index in [0.717, 1.165) is 12.8 Å². The molecule has 0 atom stereocenters. The van der Waals surface area contributed by atoms with Gasteiger partial charge in [0.2, 0.25) is 5.82 Å². The molecule has 0 aliphatic carbocycles. The van der Waals surface area contributed by atoms with Crippen LogP contribution in [-0.2, 0) is 0 Å². The Morgan fingerprint density at radius 2 is 2.00 bits per heavy atom. The summed E-state index contributed by atoms with van der Waals surface area (Å²) >= 11 is 1.77. The predicted octanol–water partition coefficient (Wildman–Crippen LogP) is 0.792. The van der Waals surface area contributed by atoms with E-state index in [1.807, 2.05) is 0 Å². The Morgan fingerprint density at radius 3 is 2.47 bits per heavy atom. The van der Waals surface area contributed by atoms with Crippen LogP contribution in [0.4, 0.5) is 5.82 Å². The second-order valence-electron chi connectivity index (χ2n) is 3.80. The van der Waals surface area contributed by atoms with Crippen LogP contribution in [0.25, 0.3) is 0 Å². The summed E-state index contributed by atoms with van der Waals surface area (Å²) in [7, 11) is 0. The molecule has 96 valence electrons. The monoisotopic (exact) mass is 258 g/mol. The lowest BCUT2D eigenvalue weighted by atomic mass is 10.0. The van der Waals surface area contributed by atoms with Gasteiger partial charge in [-0.2, -0.15) is 11.8 Å². The standard InChI is InChI=1S/C10H18N4O2S/c1-4-10(5-2,17-3)6-11-7-8(15)12-9(16)14-13-7/h4-6H2,1-3H3,(H,11,13)(H2,12,14,15,16). The van der Waals surface area contributed by atoms with Gasteiger partial charge in [0.1, 0.15) is 0 Å². The molecule has 1 aromatic rings. The molecule has 0 bridgehead atoms. The van der Waals surface area contributed by atoms with E-state index in [9.17, 15) is 9.59 Å². The zero-order valence-electron chi connectivity index (χ0n) is 10.3. The number of aromatic amines is 2. The van der Waals surface area contributed by atoms with Crippen molar-refractivity contribution in [1.29, 1.82) is 0 Å². The third-order valence-corrected chi connectivity index (χ3v) is 4.60. The number of H-pyrrole nitrogens is 2. The van der Waals surface area contributed by atoms with Crippen LogP contribution in [0.3, 0.4) is 0 Å². The topological polar surface area (TPSA) is 90.6 Å². The van der Waals surface area contributed by atoms with Crippen LogP contribution < -0.4 is 16.6 Å². The van der Waals surface area contributed by atoms with E-state index in [1.54, 1.807) is 11.8 Å². The molecule has 17 heavy (non-hydrogen) atoms. The van der Waals surface area contributed by atoms with Crippen LogP contribution in [0.15, 0.2) is 9.59 Å². The zero-order chi connectivity index (χ0) is 12.9. The van der Waals surface area contributed by atoms with Crippen molar-refractivity contribution in [3.05, 3.63) is 20.8 Å². The first-order valence-electron chi connectivity index (χ1n) is 5.55. The summed E-state index contributed by atoms with van der Waals surface area (Å²) in [6.07, 6.45) is 4.05. The summed E-state index contributed by atoms with van der Waals surface area (Å²) in [5.41, 5.74) is -1.08. The van der Waals surface area contributed by atoms with Gasteiger partial charge in [-0.25, -0.2) is 9.89 Å². The van der Waals surface area contributed by atoms with E-state index in [1.165, 1.54) is 0 Å². The SMILES string of the molecule is CCC(CC)(CNc1n[nH]c(=O)[nH]c1=O)SC. The Morgan fingerprint density at radius 1 is 1.35 bits per heavy atom. The van der Waals surface area contributed by atoms with E-state index in [2.05, 4.69) is 40.6 Å². The third-order valence-electron chi connectivity index (χ3n) is 3.01. The highest BCUT2D eigenvalue weighted by Crippen LogP contribution is 2.30. The first-order valence-corrected chi connectivity index (χ1v) is 6.77. The maximum Gasteiger partial charge on any atom is 0.342 e. The third kappa shape index (κ3) is 3.36. The maximum atomic E-state index is 11.4. The van der Waals surface area contributed by atoms with Crippen molar-refractivity contribution in [3.63, 3.8) is 0 Å². The quantitative estimate of drug-likeness (QED) is 0.702. The molecular weight excluding hydrogens is 240 g/mol. The number of nitrogens with one attached hydrogen (secondary N) is 3. The Balaban J connectivity index is 2.79. The summed E-state index contributed by atoms with van der Waals surface area (Å²) in [5.74, 6) is 0.157. The van der Waals surface area contributed by atoms with Crippen LogP contribution in [0.1, 0.15) is 26.7 Å². The summed E-state index contributed by atoms with van der Waals surface area (Å²) in [6, 6.07) is 0. The average molecular weight is 258 g/mol. The Bertz CT molecular complexity index is 456. The number of nitrogens with zero attached hydrogens (tertiary/aromatic N) is 1. The molecule has 7 heteroatoms. The van der Waals surface area contributed by atoms with Crippen LogP contribution in [0.2, 0.25) is 0 Å². The summed E-state index contributed by atoms with van der Waals surface area (Å²) < 4.78 is 0.0876. The molecule has 0 aliphatic heterocycles. The first-order chi connectivity index (χ1) is 8.06. The molecule has 0 aliphatic rings. The fourth-order valence-corrected chi connectivity index (χ4v) is 2.37. The van der Waals surface area contributed by atoms with Crippen LogP contribution in [0.5, 0.6) is 0 Å². The lowest BCUT2D eigenvalue weighted by Gasteiger charge is -2.29. The highest BCUT2D eigenvalue weighted by Gasteiger charge is 2.25. The molecule has 0 aromatic carbocycles. The molecule has 0 unspecified atom stereocenters. The molecule has 1 aromatic heterocycles. The minimum Gasteiger partial charge on any atom is -0.363 e. The predicted molar refractivity (Wildman–Crippen MR) is 70.8 cm³/mol. The van der Waals surface area contributed by atoms with Gasteiger partial charge in [0.15, 0.2) is 0 Å². The molecule has 0 saturated heterocycles. The zero-order valence-corrected chi connectivity index (χ0v) is 11.1. The molecule has 0 fully saturated rings. The van der Waals surface area contributed by atoms with Crippen molar-refractivity contribution >= 4 is 17.6 Å². The molecule has 1 rings (SSSR count). The second-order valence-corrected chi connectivity index (χ2v) is 5.08. The van der Waals surface area contributed by atoms with E-state index < -0.39 is 11.2 Å². The summed E-state index contributed by atoms with van der Waals surface area (Å²) in [6.45, 7) is 4.88. The van der Waals surface area contributed by atoms with Crippen LogP contribution in [0, 0.1) is 0 Å². The van der Waals surface area contributed by atoms with Crippen LogP contribution >= 0.6 is 11.8 Å². The van der Waals surface area contributed by atoms with E-state index >= 15 is 0 Å². The molecular formula is C10H18N4O2S. The molecule has 0 amide bonds. The molecule has 0 radical (unpaired) electrons. The number of rotatable bonds is 6. The van der Waals surface area contributed by atoms with Gasteiger partial charge < -0.3 is 5.32 Å². The van der Waals surface area contributed by atoms with Gasteiger partial charge >= 0.3 is 5.69 Å². The van der Waals surface area contributed by atoms with Gasteiger partial charge in [-0.3, -0.25) is 9.78 Å². The number of anilines is 1. The Hall–Kier alpha value is -1.24. The largest absolute Gasteiger partial charge is 0.363 e. The van der Waals surface area contributed by atoms with Crippen molar-refractivity contribution in [2.24, 2.45) is 0 Å². The fourth-order valence-electron chi connectivity index (χ4n) is 1.57. The van der Waals surface area contributed by atoms with Crippen molar-refractivity contribution < 1.29 is 0 Å². The molecule has 0 spiro atoms. The summed E-state index contributed by atoms with van der Waals surface area (Å²) in [4.78, 5) is 24.4. The van der Waals surface area contributed by atoms with Gasteiger partial charge in [-0.15, -0.1) is 5.10 Å². The Labute approximate surface area is 104 Å². The van der Waals surface area contributed by atoms with Crippen LogP contribution in [-0.4, -0.2) is 32.7 Å². The molecule has 0 saturated carbocycles. The van der Waals surface area contributed by atoms with Gasteiger partial charge in [-0.1, -0.05) is 13.8 Å². The van der Waals surface area contributed by atoms with E-state index in [-0.39, 0.29) is 10.6 Å². The van der Waals surface area contributed by atoms with Crippen molar-refractivity contribution in [3.8, 4) is 0 Å². The van der Waals surface area contributed by atoms with E-state index in [4.69, 9.17) is 0 Å². The normalized spacial score (nSPS) is 11.5. The minimum atomic E-state index is -0.595. The Kier molecular flexibility index (Phi) is 4.80. The van der Waals surface area contributed by atoms with Gasteiger partial charge in [-0.05, 0) is 19.1 Å². The van der Waals surface area contributed by atoms with E-state index in [0.29, 0.717) is 6.54 Å². The number of hydrogen-bond donors (Lipinski definition) is 3. The smallest absolute Gasteiger partial charge is 0.342 e. The number of thioether (sulfide) groups is 1. The molecule has 1 heterocycles. The van der Waals surface area contributed by atoms with Gasteiger partial charge in [0, 0.05) is 11.3 Å². The minimum absolute atomic E-state index is 0.0876. The number of hydrogen-bond acceptors (Lipinski definition) is 5. The second kappa shape index (κ2) is 5.90. The lowest BCUT2D eigenvalue weighted by molar-refractivity contribution is 0.572. The molecule has 3 N–H and O–H groups in total. The van der Waals surface area contributed by atoms with Gasteiger partial charge in [0.05, 0.1) is 0 Å². The van der Waals surface area contributed by atoms with Gasteiger partial charge in [0.25, 0.3) is 5.56 Å². The number of aromatic nitrogens is 3. The lowest BCUT2D eigenvalue weighted by Crippen LogP contribution is -2.35. The highest BCUT2D eigenvalue weighted by atomic mass is 32.2. The highest BCUT2D eigenvalue weighted by molar-refractivity contribution is 8.00. The first kappa shape index (κ1) is 13.8.